The molecule has 2 amide bonds. The Balaban J connectivity index is 1.88. The van der Waals surface area contributed by atoms with E-state index in [1.807, 2.05) is 18.7 Å². The average molecular weight is 296 g/mol. The molecule has 1 aliphatic carbocycles. The number of hydrogen-bond acceptors (Lipinski definition) is 3. The molecule has 1 saturated carbocycles. The second kappa shape index (κ2) is 6.03. The third-order valence-electron chi connectivity index (χ3n) is 4.22. The Kier molecular flexibility index (Phi) is 4.54. The predicted octanol–water partition coefficient (Wildman–Crippen LogP) is 1.10. The Morgan fingerprint density at radius 2 is 1.81 bits per heavy atom. The van der Waals surface area contributed by atoms with Crippen LogP contribution in [0.15, 0.2) is 0 Å². The van der Waals surface area contributed by atoms with Crippen LogP contribution in [0.4, 0.5) is 0 Å². The number of rotatable bonds is 5. The van der Waals surface area contributed by atoms with Crippen LogP contribution in [0.5, 0.6) is 0 Å². The van der Waals surface area contributed by atoms with Gasteiger partial charge in [-0.05, 0) is 33.1 Å². The van der Waals surface area contributed by atoms with Gasteiger partial charge in [-0.3, -0.25) is 14.4 Å². The minimum atomic E-state index is -0.873. The summed E-state index contributed by atoms with van der Waals surface area (Å²) in [6.45, 7) is 5.62. The maximum atomic E-state index is 12.2. The fraction of sp³-hybridized carbons (Fsp3) is 0.800. The summed E-state index contributed by atoms with van der Waals surface area (Å²) in [5, 5.41) is 8.62. The Bertz CT molecular complexity index is 443. The number of piperazine rings is 1. The Morgan fingerprint density at radius 3 is 2.33 bits per heavy atom. The second-order valence-corrected chi connectivity index (χ2v) is 6.64. The number of carbonyl (C=O) groups is 3. The van der Waals surface area contributed by atoms with E-state index < -0.39 is 5.97 Å². The molecule has 0 aromatic carbocycles. The van der Waals surface area contributed by atoms with Crippen LogP contribution < -0.4 is 0 Å². The molecule has 0 atom stereocenters. The van der Waals surface area contributed by atoms with Crippen LogP contribution in [0.2, 0.25) is 0 Å². The van der Waals surface area contributed by atoms with E-state index in [-0.39, 0.29) is 36.1 Å². The third-order valence-corrected chi connectivity index (χ3v) is 4.22. The van der Waals surface area contributed by atoms with Crippen LogP contribution in [0.3, 0.4) is 0 Å². The van der Waals surface area contributed by atoms with E-state index in [2.05, 4.69) is 0 Å². The number of aliphatic carboxylic acids is 1. The van der Waals surface area contributed by atoms with Crippen LogP contribution >= 0.6 is 0 Å². The van der Waals surface area contributed by atoms with Crippen molar-refractivity contribution in [3.8, 4) is 0 Å². The minimum absolute atomic E-state index is 0.0141. The summed E-state index contributed by atoms with van der Waals surface area (Å²) in [5.74, 6) is -0.457. The van der Waals surface area contributed by atoms with Crippen LogP contribution in [0, 0.1) is 5.92 Å². The molecule has 0 radical (unpaired) electrons. The van der Waals surface area contributed by atoms with E-state index in [4.69, 9.17) is 5.11 Å². The van der Waals surface area contributed by atoms with Gasteiger partial charge in [-0.1, -0.05) is 0 Å². The third kappa shape index (κ3) is 3.95. The number of hydrogen-bond donors (Lipinski definition) is 1. The zero-order valence-corrected chi connectivity index (χ0v) is 12.8. The van der Waals surface area contributed by atoms with Crippen molar-refractivity contribution in [2.75, 3.05) is 19.6 Å². The fourth-order valence-corrected chi connectivity index (χ4v) is 2.92. The lowest BCUT2D eigenvalue weighted by Gasteiger charge is -2.47. The number of carboxylic acid groups (broad SMARTS) is 1. The smallest absolute Gasteiger partial charge is 0.303 e. The van der Waals surface area contributed by atoms with E-state index in [1.54, 1.807) is 4.90 Å². The van der Waals surface area contributed by atoms with Gasteiger partial charge in [-0.2, -0.15) is 0 Å². The summed E-state index contributed by atoms with van der Waals surface area (Å²) < 4.78 is 0. The lowest BCUT2D eigenvalue weighted by atomic mass is 9.97. The topological polar surface area (TPSA) is 77.9 Å². The Morgan fingerprint density at radius 1 is 1.14 bits per heavy atom. The highest BCUT2D eigenvalue weighted by Crippen LogP contribution is 2.33. The highest BCUT2D eigenvalue weighted by atomic mass is 16.4. The zero-order valence-electron chi connectivity index (χ0n) is 12.8. The highest BCUT2D eigenvalue weighted by Gasteiger charge is 2.41. The summed E-state index contributed by atoms with van der Waals surface area (Å²) in [7, 11) is 0. The molecule has 2 fully saturated rings. The molecule has 1 heterocycles. The highest BCUT2D eigenvalue weighted by molar-refractivity contribution is 5.82. The molecule has 1 aliphatic heterocycles. The summed E-state index contributed by atoms with van der Waals surface area (Å²) in [5.41, 5.74) is -0.386. The molecule has 2 rings (SSSR count). The Hall–Kier alpha value is -1.59. The van der Waals surface area contributed by atoms with Crippen molar-refractivity contribution in [1.82, 2.24) is 9.80 Å². The standard InChI is InChI=1S/C15H24N2O4/c1-15(2)10-16(14(21)11-6-7-11)8-9-17(15)12(18)4-3-5-13(19)20/h11H,3-10H2,1-2H3,(H,19,20). The van der Waals surface area contributed by atoms with Crippen molar-refractivity contribution in [1.29, 1.82) is 0 Å². The molecule has 2 aliphatic rings. The molecule has 6 heteroatoms. The monoisotopic (exact) mass is 296 g/mol. The normalized spacial score (nSPS) is 21.2. The lowest BCUT2D eigenvalue weighted by Crippen LogP contribution is -2.62. The van der Waals surface area contributed by atoms with Crippen LogP contribution in [-0.4, -0.2) is 57.9 Å². The number of nitrogens with zero attached hydrogens (tertiary/aromatic N) is 2. The van der Waals surface area contributed by atoms with Crippen molar-refractivity contribution in [2.45, 2.75) is 51.5 Å². The maximum absolute atomic E-state index is 12.2. The minimum Gasteiger partial charge on any atom is -0.481 e. The van der Waals surface area contributed by atoms with Gasteiger partial charge in [0.1, 0.15) is 0 Å². The molecule has 0 aromatic heterocycles. The summed E-state index contributed by atoms with van der Waals surface area (Å²) in [6.07, 6.45) is 2.63. The molecule has 0 unspecified atom stereocenters. The number of amides is 2. The number of carboxylic acids is 1. The van der Waals surface area contributed by atoms with E-state index in [0.29, 0.717) is 26.1 Å². The van der Waals surface area contributed by atoms with E-state index >= 15 is 0 Å². The quantitative estimate of drug-likeness (QED) is 0.824. The van der Waals surface area contributed by atoms with Crippen LogP contribution in [-0.2, 0) is 14.4 Å². The number of carbonyl (C=O) groups excluding carboxylic acids is 2. The second-order valence-electron chi connectivity index (χ2n) is 6.64. The molecule has 1 N–H and O–H groups in total. The maximum Gasteiger partial charge on any atom is 0.303 e. The summed E-state index contributed by atoms with van der Waals surface area (Å²) in [4.78, 5) is 38.6. The van der Waals surface area contributed by atoms with Gasteiger partial charge in [0.05, 0.1) is 5.54 Å². The first-order valence-electron chi connectivity index (χ1n) is 7.62. The van der Waals surface area contributed by atoms with Gasteiger partial charge in [0.2, 0.25) is 11.8 Å². The van der Waals surface area contributed by atoms with Crippen LogP contribution in [0.25, 0.3) is 0 Å². The SMILES string of the molecule is CC1(C)CN(C(=O)C2CC2)CCN1C(=O)CCCC(=O)O. The van der Waals surface area contributed by atoms with Crippen LogP contribution in [0.1, 0.15) is 46.0 Å². The lowest BCUT2D eigenvalue weighted by molar-refractivity contribution is -0.148. The van der Waals surface area contributed by atoms with E-state index in [1.165, 1.54) is 0 Å². The largest absolute Gasteiger partial charge is 0.481 e. The first-order chi connectivity index (χ1) is 9.81. The van der Waals surface area contributed by atoms with Gasteiger partial charge in [0.25, 0.3) is 0 Å². The van der Waals surface area contributed by atoms with Gasteiger partial charge in [-0.15, -0.1) is 0 Å². The van der Waals surface area contributed by atoms with Crippen molar-refractivity contribution < 1.29 is 19.5 Å². The van der Waals surface area contributed by atoms with Crippen molar-refractivity contribution in [3.05, 3.63) is 0 Å². The Labute approximate surface area is 125 Å². The summed E-state index contributed by atoms with van der Waals surface area (Å²) in [6, 6.07) is 0. The van der Waals surface area contributed by atoms with Gasteiger partial charge >= 0.3 is 5.97 Å². The zero-order chi connectivity index (χ0) is 15.6. The van der Waals surface area contributed by atoms with Crippen molar-refractivity contribution in [3.63, 3.8) is 0 Å². The fourth-order valence-electron chi connectivity index (χ4n) is 2.92. The molecule has 6 nitrogen and oxygen atoms in total. The van der Waals surface area contributed by atoms with E-state index in [9.17, 15) is 14.4 Å². The van der Waals surface area contributed by atoms with Gasteiger partial charge in [0.15, 0.2) is 0 Å². The molecular formula is C15H24N2O4. The first kappa shape index (κ1) is 15.8. The average Bonchev–Trinajstić information content (AvgIpc) is 3.20. The van der Waals surface area contributed by atoms with Crippen molar-refractivity contribution >= 4 is 17.8 Å². The van der Waals surface area contributed by atoms with E-state index in [0.717, 1.165) is 12.8 Å². The van der Waals surface area contributed by atoms with Gasteiger partial charge < -0.3 is 14.9 Å². The molecule has 0 aromatic rings. The van der Waals surface area contributed by atoms with Crippen molar-refractivity contribution in [2.24, 2.45) is 5.92 Å². The molecule has 1 saturated heterocycles. The van der Waals surface area contributed by atoms with Gasteiger partial charge in [-0.25, -0.2) is 0 Å². The molecular weight excluding hydrogens is 272 g/mol. The predicted molar refractivity (Wildman–Crippen MR) is 76.6 cm³/mol. The molecule has 0 bridgehead atoms. The molecule has 0 spiro atoms. The molecule has 21 heavy (non-hydrogen) atoms. The summed E-state index contributed by atoms with van der Waals surface area (Å²) >= 11 is 0. The first-order valence-corrected chi connectivity index (χ1v) is 7.62. The molecule has 118 valence electrons. The van der Waals surface area contributed by atoms with Gasteiger partial charge in [0, 0.05) is 38.4 Å².